The fraction of sp³-hybridized carbons (Fsp3) is 0.364. The minimum atomic E-state index is -0.953. The van der Waals surface area contributed by atoms with Crippen LogP contribution in [0.15, 0.2) is 12.1 Å². The third kappa shape index (κ3) is 3.47. The topological polar surface area (TPSA) is 40.5 Å². The number of nitrogens with zero attached hydrogens (tertiary/aromatic N) is 1. The van der Waals surface area contributed by atoms with Gasteiger partial charge in [-0.15, -0.1) is 0 Å². The lowest BCUT2D eigenvalue weighted by Gasteiger charge is -2.15. The fourth-order valence-electron chi connectivity index (χ4n) is 1.44. The first-order chi connectivity index (χ1) is 7.40. The summed E-state index contributed by atoms with van der Waals surface area (Å²) in [6, 6.07) is 3.05. The van der Waals surface area contributed by atoms with Crippen molar-refractivity contribution in [3.8, 4) is 0 Å². The fourth-order valence-corrected chi connectivity index (χ4v) is 1.76. The molecule has 0 radical (unpaired) electrons. The number of aryl methyl sites for hydroxylation is 1. The van der Waals surface area contributed by atoms with Crippen LogP contribution >= 0.6 is 11.6 Å². The second kappa shape index (κ2) is 5.27. The van der Waals surface area contributed by atoms with Crippen LogP contribution in [-0.4, -0.2) is 29.6 Å². The quantitative estimate of drug-likeness (QED) is 0.885. The standard InChI is InChI=1S/C11H13ClFNO2/c1-7-3-9(12)8(10(13)4-7)5-14(2)6-11(15)16/h3-4H,5-6H2,1-2H3,(H,15,16). The average Bonchev–Trinajstić information content (AvgIpc) is 2.09. The van der Waals surface area contributed by atoms with Gasteiger partial charge in [-0.25, -0.2) is 4.39 Å². The van der Waals surface area contributed by atoms with Crippen LogP contribution in [0.3, 0.4) is 0 Å². The molecule has 0 aliphatic heterocycles. The van der Waals surface area contributed by atoms with Crippen molar-refractivity contribution in [1.29, 1.82) is 0 Å². The van der Waals surface area contributed by atoms with E-state index in [0.717, 1.165) is 5.56 Å². The molecule has 1 rings (SSSR count). The smallest absolute Gasteiger partial charge is 0.317 e. The number of hydrogen-bond donors (Lipinski definition) is 1. The van der Waals surface area contributed by atoms with Gasteiger partial charge in [0.2, 0.25) is 0 Å². The Kier molecular flexibility index (Phi) is 4.26. The monoisotopic (exact) mass is 245 g/mol. The molecule has 0 aromatic heterocycles. The molecule has 1 N–H and O–H groups in total. The number of halogens is 2. The molecule has 3 nitrogen and oxygen atoms in total. The molecule has 0 saturated heterocycles. The maximum absolute atomic E-state index is 13.6. The summed E-state index contributed by atoms with van der Waals surface area (Å²) in [5, 5.41) is 8.90. The number of carboxylic acid groups (broad SMARTS) is 1. The summed E-state index contributed by atoms with van der Waals surface area (Å²) in [6.07, 6.45) is 0. The molecule has 0 saturated carbocycles. The van der Waals surface area contributed by atoms with Crippen molar-refractivity contribution in [2.45, 2.75) is 13.5 Å². The van der Waals surface area contributed by atoms with E-state index in [2.05, 4.69) is 0 Å². The third-order valence-electron chi connectivity index (χ3n) is 2.12. The molecular formula is C11H13ClFNO2. The summed E-state index contributed by atoms with van der Waals surface area (Å²) in [7, 11) is 1.60. The maximum Gasteiger partial charge on any atom is 0.317 e. The van der Waals surface area contributed by atoms with Gasteiger partial charge >= 0.3 is 5.97 Å². The Bertz CT molecular complexity index is 386. The van der Waals surface area contributed by atoms with Crippen LogP contribution in [0.25, 0.3) is 0 Å². The molecule has 5 heteroatoms. The number of benzene rings is 1. The SMILES string of the molecule is Cc1cc(F)c(CN(C)CC(=O)O)c(Cl)c1. The number of aliphatic carboxylic acids is 1. The second-order valence-electron chi connectivity index (χ2n) is 3.77. The number of hydrogen-bond acceptors (Lipinski definition) is 2. The first-order valence-corrected chi connectivity index (χ1v) is 5.13. The van der Waals surface area contributed by atoms with E-state index >= 15 is 0 Å². The zero-order chi connectivity index (χ0) is 12.3. The van der Waals surface area contributed by atoms with Crippen molar-refractivity contribution < 1.29 is 14.3 Å². The summed E-state index contributed by atoms with van der Waals surface area (Å²) in [4.78, 5) is 11.9. The largest absolute Gasteiger partial charge is 0.480 e. The van der Waals surface area contributed by atoms with Crippen molar-refractivity contribution in [3.63, 3.8) is 0 Å². The molecule has 0 aliphatic rings. The van der Waals surface area contributed by atoms with E-state index in [1.54, 1.807) is 20.0 Å². The number of likely N-dealkylation sites (N-methyl/N-ethyl adjacent to an activating group) is 1. The van der Waals surface area contributed by atoms with Gasteiger partial charge in [-0.1, -0.05) is 11.6 Å². The maximum atomic E-state index is 13.6. The van der Waals surface area contributed by atoms with E-state index in [1.165, 1.54) is 11.0 Å². The van der Waals surface area contributed by atoms with Gasteiger partial charge in [0, 0.05) is 17.1 Å². The lowest BCUT2D eigenvalue weighted by molar-refractivity contribution is -0.138. The predicted molar refractivity (Wildman–Crippen MR) is 60.1 cm³/mol. The van der Waals surface area contributed by atoms with Crippen molar-refractivity contribution in [1.82, 2.24) is 4.90 Å². The van der Waals surface area contributed by atoms with E-state index in [0.29, 0.717) is 10.6 Å². The van der Waals surface area contributed by atoms with Gasteiger partial charge in [0.25, 0.3) is 0 Å². The van der Waals surface area contributed by atoms with Crippen LogP contribution in [0, 0.1) is 12.7 Å². The van der Waals surface area contributed by atoms with E-state index in [-0.39, 0.29) is 13.1 Å². The van der Waals surface area contributed by atoms with Gasteiger partial charge in [-0.05, 0) is 31.7 Å². The molecule has 1 aromatic carbocycles. The number of rotatable bonds is 4. The highest BCUT2D eigenvalue weighted by Gasteiger charge is 2.12. The lowest BCUT2D eigenvalue weighted by Crippen LogP contribution is -2.25. The zero-order valence-electron chi connectivity index (χ0n) is 9.13. The highest BCUT2D eigenvalue weighted by atomic mass is 35.5. The second-order valence-corrected chi connectivity index (χ2v) is 4.18. The average molecular weight is 246 g/mol. The van der Waals surface area contributed by atoms with Crippen molar-refractivity contribution >= 4 is 17.6 Å². The predicted octanol–water partition coefficient (Wildman–Crippen LogP) is 2.30. The molecule has 0 atom stereocenters. The summed E-state index contributed by atoms with van der Waals surface area (Å²) >= 11 is 5.90. The van der Waals surface area contributed by atoms with Crippen LogP contribution < -0.4 is 0 Å². The number of carboxylic acids is 1. The van der Waals surface area contributed by atoms with Gasteiger partial charge in [0.15, 0.2) is 0 Å². The summed E-state index contributed by atoms with van der Waals surface area (Å²) < 4.78 is 13.6. The molecule has 0 bridgehead atoms. The molecule has 88 valence electrons. The highest BCUT2D eigenvalue weighted by molar-refractivity contribution is 6.31. The van der Waals surface area contributed by atoms with E-state index in [1.807, 2.05) is 0 Å². The Morgan fingerprint density at radius 2 is 2.19 bits per heavy atom. The zero-order valence-corrected chi connectivity index (χ0v) is 9.88. The normalized spacial score (nSPS) is 10.8. The number of carbonyl (C=O) groups is 1. The Morgan fingerprint density at radius 1 is 1.56 bits per heavy atom. The van der Waals surface area contributed by atoms with Crippen LogP contribution in [0.2, 0.25) is 5.02 Å². The minimum Gasteiger partial charge on any atom is -0.480 e. The van der Waals surface area contributed by atoms with E-state index in [4.69, 9.17) is 16.7 Å². The van der Waals surface area contributed by atoms with Crippen LogP contribution in [-0.2, 0) is 11.3 Å². The van der Waals surface area contributed by atoms with Crippen molar-refractivity contribution in [2.75, 3.05) is 13.6 Å². The minimum absolute atomic E-state index is 0.149. The third-order valence-corrected chi connectivity index (χ3v) is 2.46. The highest BCUT2D eigenvalue weighted by Crippen LogP contribution is 2.22. The molecule has 16 heavy (non-hydrogen) atoms. The molecule has 0 unspecified atom stereocenters. The molecule has 0 aliphatic carbocycles. The van der Waals surface area contributed by atoms with Gasteiger partial charge in [-0.2, -0.15) is 0 Å². The summed E-state index contributed by atoms with van der Waals surface area (Å²) in [6.45, 7) is 1.78. The molecule has 0 heterocycles. The Labute approximate surface area is 98.4 Å². The van der Waals surface area contributed by atoms with E-state index in [9.17, 15) is 9.18 Å². The van der Waals surface area contributed by atoms with Crippen molar-refractivity contribution in [2.24, 2.45) is 0 Å². The Hall–Kier alpha value is -1.13. The summed E-state index contributed by atoms with van der Waals surface area (Å²) in [5.74, 6) is -1.35. The molecule has 0 spiro atoms. The van der Waals surface area contributed by atoms with Crippen LogP contribution in [0.5, 0.6) is 0 Å². The van der Waals surface area contributed by atoms with Gasteiger partial charge in [0.05, 0.1) is 6.54 Å². The van der Waals surface area contributed by atoms with E-state index < -0.39 is 11.8 Å². The van der Waals surface area contributed by atoms with Crippen LogP contribution in [0.1, 0.15) is 11.1 Å². The Morgan fingerprint density at radius 3 is 2.69 bits per heavy atom. The summed E-state index contributed by atoms with van der Waals surface area (Å²) in [5.41, 5.74) is 1.07. The molecule has 1 aromatic rings. The molecular weight excluding hydrogens is 233 g/mol. The molecule has 0 amide bonds. The van der Waals surface area contributed by atoms with Crippen LogP contribution in [0.4, 0.5) is 4.39 Å². The van der Waals surface area contributed by atoms with Gasteiger partial charge in [-0.3, -0.25) is 9.69 Å². The van der Waals surface area contributed by atoms with Gasteiger partial charge < -0.3 is 5.11 Å². The first-order valence-electron chi connectivity index (χ1n) is 4.75. The Balaban J connectivity index is 2.85. The first kappa shape index (κ1) is 12.9. The lowest BCUT2D eigenvalue weighted by atomic mass is 10.1. The van der Waals surface area contributed by atoms with Gasteiger partial charge in [0.1, 0.15) is 5.82 Å². The van der Waals surface area contributed by atoms with Crippen molar-refractivity contribution in [3.05, 3.63) is 34.1 Å². The molecule has 0 fully saturated rings.